The van der Waals surface area contributed by atoms with Crippen LogP contribution in [0.2, 0.25) is 0 Å². The van der Waals surface area contributed by atoms with Gasteiger partial charge in [-0.3, -0.25) is 4.79 Å². The first-order valence-corrected chi connectivity index (χ1v) is 4.16. The van der Waals surface area contributed by atoms with Gasteiger partial charge in [0.15, 0.2) is 0 Å². The van der Waals surface area contributed by atoms with Gasteiger partial charge in [0.2, 0.25) is 0 Å². The largest absolute Gasteiger partial charge is 0.469 e. The number of carbonyl (C=O) groups excluding carboxylic acids is 1. The molecule has 78 valence electrons. The lowest BCUT2D eigenvalue weighted by Crippen LogP contribution is -2.24. The molecule has 0 atom stereocenters. The number of nitrogens with two attached hydrogens (primary N) is 1. The molecule has 0 spiro atoms. The summed E-state index contributed by atoms with van der Waals surface area (Å²) in [4.78, 5) is 9.59. The van der Waals surface area contributed by atoms with Crippen molar-refractivity contribution < 1.29 is 9.53 Å². The molecule has 0 radical (unpaired) electrons. The van der Waals surface area contributed by atoms with Crippen LogP contribution in [0.3, 0.4) is 0 Å². The summed E-state index contributed by atoms with van der Waals surface area (Å²) >= 11 is 0. The monoisotopic (exact) mass is 196 g/mol. The van der Waals surface area contributed by atoms with E-state index < -0.39 is 0 Å². The average molecular weight is 196 g/mol. The van der Waals surface area contributed by atoms with Gasteiger partial charge in [0, 0.05) is 14.0 Å². The molecule has 0 saturated carbocycles. The Bertz CT molecular complexity index is 260. The number of hydrogen-bond donors (Lipinski definition) is 1. The summed E-state index contributed by atoms with van der Waals surface area (Å²) in [7, 11) is 3.16. The van der Waals surface area contributed by atoms with E-state index in [0.29, 0.717) is 0 Å². The van der Waals surface area contributed by atoms with Crippen molar-refractivity contribution in [1.82, 2.24) is 0 Å². The minimum atomic E-state index is -0.245. The van der Waals surface area contributed by atoms with Crippen LogP contribution in [0.5, 0.6) is 0 Å². The van der Waals surface area contributed by atoms with Crippen LogP contribution < -0.4 is 10.9 Å². The Morgan fingerprint density at radius 2 is 1.79 bits per heavy atom. The fraction of sp³-hybridized carbons (Fsp3) is 0.300. The Hall–Kier alpha value is -1.55. The number of esters is 1. The van der Waals surface area contributed by atoms with Crippen molar-refractivity contribution in [3.63, 3.8) is 0 Å². The zero-order valence-electron chi connectivity index (χ0n) is 8.73. The molecule has 4 nitrogen and oxygen atoms in total. The van der Waals surface area contributed by atoms with E-state index in [9.17, 15) is 4.79 Å². The number of ether oxygens (including phenoxy) is 1. The molecule has 1 rings (SSSR count). The van der Waals surface area contributed by atoms with Gasteiger partial charge in [0.25, 0.3) is 0 Å². The molecule has 0 amide bonds. The average Bonchev–Trinajstić information content (AvgIpc) is 2.20. The van der Waals surface area contributed by atoms with Gasteiger partial charge in [-0.05, 0) is 12.1 Å². The van der Waals surface area contributed by atoms with Crippen LogP contribution in [0.15, 0.2) is 30.3 Å². The molecular formula is C10H16N2O2. The maximum atomic E-state index is 9.59. The predicted molar refractivity (Wildman–Crippen MR) is 56.7 cm³/mol. The standard InChI is InChI=1S/C7H10N2.C3H6O2/c1-9(8)7-5-3-2-4-6-7;1-3(4)5-2/h2-6H,8H2,1H3;1-2H3. The molecule has 1 aromatic rings. The summed E-state index contributed by atoms with van der Waals surface area (Å²) in [5.41, 5.74) is 1.03. The zero-order chi connectivity index (χ0) is 11.0. The second-order valence-electron chi connectivity index (χ2n) is 2.64. The highest BCUT2D eigenvalue weighted by atomic mass is 16.5. The fourth-order valence-electron chi connectivity index (χ4n) is 0.663. The molecule has 0 fully saturated rings. The van der Waals surface area contributed by atoms with E-state index in [0.717, 1.165) is 5.69 Å². The minimum Gasteiger partial charge on any atom is -0.469 e. The van der Waals surface area contributed by atoms with Crippen molar-refractivity contribution in [2.24, 2.45) is 5.84 Å². The topological polar surface area (TPSA) is 55.6 Å². The number of rotatable bonds is 1. The van der Waals surface area contributed by atoms with Gasteiger partial charge in [0.05, 0.1) is 12.8 Å². The maximum Gasteiger partial charge on any atom is 0.302 e. The third-order valence-corrected chi connectivity index (χ3v) is 1.45. The molecule has 0 aliphatic heterocycles. The normalized spacial score (nSPS) is 8.29. The number of methoxy groups -OCH3 is 1. The number of nitrogens with zero attached hydrogens (tertiary/aromatic N) is 1. The van der Waals surface area contributed by atoms with Gasteiger partial charge in [-0.2, -0.15) is 0 Å². The summed E-state index contributed by atoms with van der Waals surface area (Å²) in [6.45, 7) is 1.36. The van der Waals surface area contributed by atoms with Crippen molar-refractivity contribution in [1.29, 1.82) is 0 Å². The first-order chi connectivity index (χ1) is 6.57. The van der Waals surface area contributed by atoms with Crippen LogP contribution >= 0.6 is 0 Å². The molecule has 2 N–H and O–H groups in total. The van der Waals surface area contributed by atoms with Crippen LogP contribution in [-0.2, 0) is 9.53 Å². The van der Waals surface area contributed by atoms with E-state index >= 15 is 0 Å². The van der Waals surface area contributed by atoms with Crippen molar-refractivity contribution in [2.45, 2.75) is 6.92 Å². The Morgan fingerprint density at radius 3 is 2.00 bits per heavy atom. The molecular weight excluding hydrogens is 180 g/mol. The maximum absolute atomic E-state index is 9.59. The summed E-state index contributed by atoms with van der Waals surface area (Å²) in [5.74, 6) is 5.20. The Morgan fingerprint density at radius 1 is 1.36 bits per heavy atom. The van der Waals surface area contributed by atoms with E-state index in [2.05, 4.69) is 4.74 Å². The van der Waals surface area contributed by atoms with E-state index in [-0.39, 0.29) is 5.97 Å². The third-order valence-electron chi connectivity index (χ3n) is 1.45. The van der Waals surface area contributed by atoms with Crippen LogP contribution in [0.1, 0.15) is 6.92 Å². The van der Waals surface area contributed by atoms with E-state index in [1.165, 1.54) is 14.0 Å². The molecule has 0 bridgehead atoms. The highest BCUT2D eigenvalue weighted by Gasteiger charge is 1.88. The molecule has 0 heterocycles. The fourth-order valence-corrected chi connectivity index (χ4v) is 0.663. The van der Waals surface area contributed by atoms with Crippen LogP contribution in [-0.4, -0.2) is 20.1 Å². The Labute approximate surface area is 84.2 Å². The van der Waals surface area contributed by atoms with Crippen molar-refractivity contribution >= 4 is 11.7 Å². The molecule has 0 unspecified atom stereocenters. The SMILES string of the molecule is CN(N)c1ccccc1.COC(C)=O. The van der Waals surface area contributed by atoms with Gasteiger partial charge in [0.1, 0.15) is 0 Å². The lowest BCUT2D eigenvalue weighted by atomic mass is 10.3. The first kappa shape index (κ1) is 12.4. The van der Waals surface area contributed by atoms with Gasteiger partial charge in [-0.15, -0.1) is 0 Å². The number of hydrogen-bond acceptors (Lipinski definition) is 4. The van der Waals surface area contributed by atoms with Crippen LogP contribution in [0.25, 0.3) is 0 Å². The molecule has 1 aromatic carbocycles. The van der Waals surface area contributed by atoms with Crippen molar-refractivity contribution in [3.05, 3.63) is 30.3 Å². The highest BCUT2D eigenvalue weighted by molar-refractivity contribution is 5.65. The van der Waals surface area contributed by atoms with Crippen molar-refractivity contribution in [2.75, 3.05) is 19.2 Å². The van der Waals surface area contributed by atoms with Gasteiger partial charge >= 0.3 is 5.97 Å². The summed E-state index contributed by atoms with van der Waals surface area (Å²) in [5, 5.41) is 1.58. The Balaban J connectivity index is 0.000000292. The second kappa shape index (κ2) is 6.91. The predicted octanol–water partition coefficient (Wildman–Crippen LogP) is 1.18. The van der Waals surface area contributed by atoms with Crippen LogP contribution in [0, 0.1) is 0 Å². The summed E-state index contributed by atoms with van der Waals surface area (Å²) in [6.07, 6.45) is 0. The van der Waals surface area contributed by atoms with E-state index in [1.54, 1.807) is 5.01 Å². The van der Waals surface area contributed by atoms with Crippen LogP contribution in [0.4, 0.5) is 5.69 Å². The second-order valence-corrected chi connectivity index (χ2v) is 2.64. The summed E-state index contributed by atoms with van der Waals surface area (Å²) in [6, 6.07) is 9.80. The number of anilines is 1. The molecule has 0 saturated heterocycles. The quantitative estimate of drug-likeness (QED) is 0.416. The number of para-hydroxylation sites is 1. The first-order valence-electron chi connectivity index (χ1n) is 4.16. The lowest BCUT2D eigenvalue weighted by Gasteiger charge is -2.09. The lowest BCUT2D eigenvalue weighted by molar-refractivity contribution is -0.137. The molecule has 0 aliphatic rings. The number of hydrazine groups is 1. The smallest absolute Gasteiger partial charge is 0.302 e. The zero-order valence-corrected chi connectivity index (χ0v) is 8.73. The van der Waals surface area contributed by atoms with Gasteiger partial charge < -0.3 is 9.75 Å². The minimum absolute atomic E-state index is 0.245. The van der Waals surface area contributed by atoms with E-state index in [1.807, 2.05) is 37.4 Å². The third kappa shape index (κ3) is 6.02. The van der Waals surface area contributed by atoms with Gasteiger partial charge in [-0.25, -0.2) is 5.84 Å². The number of carbonyl (C=O) groups is 1. The number of benzene rings is 1. The molecule has 4 heteroatoms. The molecule has 0 aromatic heterocycles. The van der Waals surface area contributed by atoms with Gasteiger partial charge in [-0.1, -0.05) is 18.2 Å². The van der Waals surface area contributed by atoms with Crippen molar-refractivity contribution in [3.8, 4) is 0 Å². The van der Waals surface area contributed by atoms with E-state index in [4.69, 9.17) is 5.84 Å². The highest BCUT2D eigenvalue weighted by Crippen LogP contribution is 2.05. The Kier molecular flexibility index (Phi) is 6.15. The summed E-state index contributed by atoms with van der Waals surface area (Å²) < 4.78 is 4.11. The molecule has 0 aliphatic carbocycles. The molecule has 14 heavy (non-hydrogen) atoms.